The molecule has 2 heterocycles. The second-order valence-electron chi connectivity index (χ2n) is 9.15. The summed E-state index contributed by atoms with van der Waals surface area (Å²) in [6.45, 7) is 4.90. The number of hydrogen-bond donors (Lipinski definition) is 1. The molecule has 0 bridgehead atoms. The maximum atomic E-state index is 12.6. The lowest BCUT2D eigenvalue weighted by molar-refractivity contribution is -0.231. The molecule has 2 aromatic carbocycles. The highest BCUT2D eigenvalue weighted by molar-refractivity contribution is 7.86. The lowest BCUT2D eigenvalue weighted by Gasteiger charge is -2.30. The number of hydrogen-bond acceptors (Lipinski definition) is 9. The number of aliphatic hydroxyl groups is 1. The second-order valence-corrected chi connectivity index (χ2v) is 10.8. The van der Waals surface area contributed by atoms with Crippen LogP contribution in [0.3, 0.4) is 0 Å². The Labute approximate surface area is 209 Å². The van der Waals surface area contributed by atoms with Crippen molar-refractivity contribution in [2.45, 2.75) is 74.8 Å². The number of aliphatic hydroxyl groups excluding tert-OH is 1. The Bertz CT molecular complexity index is 1190. The van der Waals surface area contributed by atoms with Crippen molar-refractivity contribution in [3.05, 3.63) is 76.2 Å². The van der Waals surface area contributed by atoms with E-state index in [-0.39, 0.29) is 11.5 Å². The quantitative estimate of drug-likeness (QED) is 0.218. The second kappa shape index (κ2) is 10.8. The summed E-state index contributed by atoms with van der Waals surface area (Å²) in [6.07, 6.45) is -4.80. The normalized spacial score (nSPS) is 26.7. The van der Waals surface area contributed by atoms with Crippen LogP contribution in [0.5, 0.6) is 0 Å². The van der Waals surface area contributed by atoms with Crippen LogP contribution in [-0.2, 0) is 39.9 Å². The van der Waals surface area contributed by atoms with Gasteiger partial charge in [0.1, 0.15) is 18.3 Å². The van der Waals surface area contributed by atoms with Crippen molar-refractivity contribution in [1.29, 1.82) is 0 Å². The first-order valence-electron chi connectivity index (χ1n) is 11.4. The molecule has 0 spiro atoms. The minimum absolute atomic E-state index is 0.0537. The Morgan fingerprint density at radius 3 is 2.50 bits per heavy atom. The van der Waals surface area contributed by atoms with Crippen molar-refractivity contribution in [3.63, 3.8) is 0 Å². The Morgan fingerprint density at radius 2 is 1.83 bits per heavy atom. The summed E-state index contributed by atoms with van der Waals surface area (Å²) in [5.41, 5.74) is 10.9. The molecule has 194 valence electrons. The fourth-order valence-corrected chi connectivity index (χ4v) is 5.08. The van der Waals surface area contributed by atoms with Crippen molar-refractivity contribution in [3.8, 4) is 0 Å². The molecule has 1 N–H and O–H groups in total. The lowest BCUT2D eigenvalue weighted by atomic mass is 10.0. The van der Waals surface area contributed by atoms with Gasteiger partial charge in [-0.05, 0) is 44.0 Å². The van der Waals surface area contributed by atoms with Gasteiger partial charge in [0.05, 0.1) is 30.3 Å². The minimum Gasteiger partial charge on any atom is -0.390 e. The van der Waals surface area contributed by atoms with Gasteiger partial charge in [0, 0.05) is 4.91 Å². The van der Waals surface area contributed by atoms with Crippen molar-refractivity contribution < 1.29 is 36.7 Å². The number of azide groups is 1. The van der Waals surface area contributed by atoms with E-state index in [1.165, 1.54) is 12.1 Å². The van der Waals surface area contributed by atoms with Crippen LogP contribution < -0.4 is 0 Å². The van der Waals surface area contributed by atoms with Gasteiger partial charge >= 0.3 is 0 Å². The lowest BCUT2D eigenvalue weighted by Crippen LogP contribution is -2.48. The van der Waals surface area contributed by atoms with Crippen molar-refractivity contribution in [2.75, 3.05) is 6.61 Å². The van der Waals surface area contributed by atoms with Crippen LogP contribution in [0, 0.1) is 6.92 Å². The van der Waals surface area contributed by atoms with Gasteiger partial charge in [-0.15, -0.1) is 0 Å². The molecular formula is C24H29N3O8S. The maximum absolute atomic E-state index is 12.6. The number of ether oxygens (including phenoxy) is 4. The summed E-state index contributed by atoms with van der Waals surface area (Å²) < 4.78 is 54.1. The van der Waals surface area contributed by atoms with Gasteiger partial charge in [-0.25, -0.2) is 0 Å². The first-order chi connectivity index (χ1) is 17.1. The van der Waals surface area contributed by atoms with Gasteiger partial charge in [-0.3, -0.25) is 4.18 Å². The summed E-state index contributed by atoms with van der Waals surface area (Å²) in [4.78, 5) is 2.71. The number of aryl methyl sites for hydroxylation is 1. The van der Waals surface area contributed by atoms with E-state index in [2.05, 4.69) is 10.0 Å². The van der Waals surface area contributed by atoms with Crippen LogP contribution in [0.15, 0.2) is 64.6 Å². The third kappa shape index (κ3) is 6.05. The molecule has 2 aliphatic heterocycles. The Kier molecular flexibility index (Phi) is 7.98. The molecule has 0 radical (unpaired) electrons. The molecule has 4 rings (SSSR count). The van der Waals surface area contributed by atoms with E-state index < -0.39 is 59.3 Å². The first-order valence-corrected chi connectivity index (χ1v) is 12.9. The predicted octanol–water partition coefficient (Wildman–Crippen LogP) is 3.20. The molecule has 0 aliphatic carbocycles. The third-order valence-corrected chi connectivity index (χ3v) is 7.24. The van der Waals surface area contributed by atoms with E-state index in [1.54, 1.807) is 26.0 Å². The summed E-state index contributed by atoms with van der Waals surface area (Å²) >= 11 is 0. The van der Waals surface area contributed by atoms with E-state index in [1.807, 2.05) is 37.3 Å². The van der Waals surface area contributed by atoms with Crippen LogP contribution in [0.4, 0.5) is 0 Å². The fourth-order valence-electron chi connectivity index (χ4n) is 4.15. The first kappa shape index (κ1) is 26.5. The van der Waals surface area contributed by atoms with Crippen molar-refractivity contribution in [1.82, 2.24) is 0 Å². The molecule has 2 fully saturated rings. The average Bonchev–Trinajstić information content (AvgIpc) is 3.32. The molecule has 0 unspecified atom stereocenters. The van der Waals surface area contributed by atoms with E-state index in [9.17, 15) is 13.5 Å². The van der Waals surface area contributed by atoms with Gasteiger partial charge in [0.15, 0.2) is 12.1 Å². The van der Waals surface area contributed by atoms with Crippen LogP contribution in [0.1, 0.15) is 25.0 Å². The van der Waals surface area contributed by atoms with Gasteiger partial charge in [-0.1, -0.05) is 53.1 Å². The van der Waals surface area contributed by atoms with Crippen molar-refractivity contribution >= 4 is 10.1 Å². The van der Waals surface area contributed by atoms with Crippen LogP contribution in [0.25, 0.3) is 10.4 Å². The van der Waals surface area contributed by atoms with Gasteiger partial charge in [-0.2, -0.15) is 8.42 Å². The molecule has 0 aromatic heterocycles. The number of rotatable bonds is 10. The topological polar surface area (TPSA) is 149 Å². The molecule has 12 heteroatoms. The standard InChI is InChI=1S/C24H29N3O8S/c1-15-9-11-17(12-10-15)36(29,30)32-14-18(26-27-25)19(28)20-21(31-13-16-7-5-4-6-8-16)22-23(33-20)35-24(2,3)34-22/h4-12,18-23,28H,13-14H2,1-3H3/t18-,19+,20+,21-,22+,23+/m0/s1. The molecule has 2 saturated heterocycles. The maximum Gasteiger partial charge on any atom is 0.296 e. The third-order valence-electron chi connectivity index (χ3n) is 5.95. The smallest absolute Gasteiger partial charge is 0.296 e. The zero-order valence-electron chi connectivity index (χ0n) is 20.1. The highest BCUT2D eigenvalue weighted by Crippen LogP contribution is 2.40. The molecule has 6 atom stereocenters. The van der Waals surface area contributed by atoms with Crippen LogP contribution in [-0.4, -0.2) is 62.7 Å². The van der Waals surface area contributed by atoms with Gasteiger partial charge < -0.3 is 24.1 Å². The summed E-state index contributed by atoms with van der Waals surface area (Å²) in [5, 5.41) is 14.7. The molecular weight excluding hydrogens is 490 g/mol. The minimum atomic E-state index is -4.15. The van der Waals surface area contributed by atoms with E-state index in [4.69, 9.17) is 28.7 Å². The summed E-state index contributed by atoms with van der Waals surface area (Å²) in [5.74, 6) is -0.922. The number of benzene rings is 2. The average molecular weight is 520 g/mol. The Hall–Kier alpha value is -2.54. The summed E-state index contributed by atoms with van der Waals surface area (Å²) in [7, 11) is -4.15. The molecule has 2 aliphatic rings. The highest BCUT2D eigenvalue weighted by Gasteiger charge is 2.57. The van der Waals surface area contributed by atoms with E-state index >= 15 is 0 Å². The van der Waals surface area contributed by atoms with Crippen LogP contribution >= 0.6 is 0 Å². The Morgan fingerprint density at radius 1 is 1.14 bits per heavy atom. The molecule has 0 amide bonds. The fraction of sp³-hybridized carbons (Fsp3) is 0.500. The zero-order valence-corrected chi connectivity index (χ0v) is 20.9. The number of fused-ring (bicyclic) bond motifs is 1. The van der Waals surface area contributed by atoms with Crippen molar-refractivity contribution in [2.24, 2.45) is 5.11 Å². The molecule has 0 saturated carbocycles. The highest BCUT2D eigenvalue weighted by atomic mass is 32.2. The van der Waals surface area contributed by atoms with E-state index in [0.717, 1.165) is 11.1 Å². The molecule has 2 aromatic rings. The molecule has 36 heavy (non-hydrogen) atoms. The summed E-state index contributed by atoms with van der Waals surface area (Å²) in [6, 6.07) is 14.2. The SMILES string of the molecule is Cc1ccc(S(=O)(=O)OC[C@H](N=[N+]=[N-])[C@@H](O)[C@H]2O[C@@H]3OC(C)(C)O[C@@H]3[C@H]2OCc2ccccc2)cc1. The Balaban J connectivity index is 1.50. The predicted molar refractivity (Wildman–Crippen MR) is 127 cm³/mol. The largest absolute Gasteiger partial charge is 0.390 e. The van der Waals surface area contributed by atoms with E-state index in [0.29, 0.717) is 0 Å². The number of nitrogens with zero attached hydrogens (tertiary/aromatic N) is 3. The molecule has 11 nitrogen and oxygen atoms in total. The van der Waals surface area contributed by atoms with Gasteiger partial charge in [0.2, 0.25) is 0 Å². The monoisotopic (exact) mass is 519 g/mol. The van der Waals surface area contributed by atoms with Gasteiger partial charge in [0.25, 0.3) is 10.1 Å². The zero-order chi connectivity index (χ0) is 25.9. The van der Waals surface area contributed by atoms with Crippen LogP contribution in [0.2, 0.25) is 0 Å².